The molecule has 0 N–H and O–H groups in total. The quantitative estimate of drug-likeness (QED) is 0.359. The average molecular weight is 262 g/mol. The van der Waals surface area contributed by atoms with E-state index in [0.29, 0.717) is 6.21 Å². The summed E-state index contributed by atoms with van der Waals surface area (Å²) in [5.74, 6) is -10.2. The maximum atomic E-state index is 13.2. The molecule has 0 saturated heterocycles. The van der Waals surface area contributed by atoms with Gasteiger partial charge in [-0.15, -0.1) is 10.2 Å². The zero-order valence-corrected chi connectivity index (χ0v) is 8.41. The predicted octanol–water partition coefficient (Wildman–Crippen LogP) is 1.86. The first-order valence-corrected chi connectivity index (χ1v) is 4.42. The maximum Gasteiger partial charge on any atom is 0.200 e. The molecule has 0 unspecified atom stereocenters. The number of nitrogens with zero attached hydrogens (tertiary/aromatic N) is 4. The highest BCUT2D eigenvalue weighted by molar-refractivity contribution is 5.80. The van der Waals surface area contributed by atoms with Crippen LogP contribution >= 0.6 is 0 Å². The van der Waals surface area contributed by atoms with Crippen LogP contribution in [0.4, 0.5) is 22.0 Å². The van der Waals surface area contributed by atoms with Crippen molar-refractivity contribution in [1.29, 1.82) is 0 Å². The lowest BCUT2D eigenvalue weighted by molar-refractivity contribution is 0.377. The number of benzene rings is 1. The highest BCUT2D eigenvalue weighted by atomic mass is 19.2. The molecule has 0 spiro atoms. The van der Waals surface area contributed by atoms with Gasteiger partial charge in [0.25, 0.3) is 0 Å². The fourth-order valence-electron chi connectivity index (χ4n) is 1.11. The summed E-state index contributed by atoms with van der Waals surface area (Å²) >= 11 is 0. The van der Waals surface area contributed by atoms with E-state index < -0.39 is 34.6 Å². The van der Waals surface area contributed by atoms with E-state index in [1.54, 1.807) is 0 Å². The van der Waals surface area contributed by atoms with E-state index in [1.165, 1.54) is 0 Å². The van der Waals surface area contributed by atoms with E-state index in [4.69, 9.17) is 0 Å². The first-order chi connectivity index (χ1) is 8.52. The van der Waals surface area contributed by atoms with Crippen LogP contribution in [0.5, 0.6) is 0 Å². The first kappa shape index (κ1) is 12.1. The number of hydrogen-bond donors (Lipinski definition) is 0. The highest BCUT2D eigenvalue weighted by Gasteiger charge is 2.24. The Labute approximate surface area is 96.4 Å². The van der Waals surface area contributed by atoms with Gasteiger partial charge in [-0.3, -0.25) is 0 Å². The zero-order valence-electron chi connectivity index (χ0n) is 8.41. The lowest BCUT2D eigenvalue weighted by atomic mass is 10.2. The summed E-state index contributed by atoms with van der Waals surface area (Å²) in [6, 6.07) is 0. The van der Waals surface area contributed by atoms with Gasteiger partial charge in [-0.2, -0.15) is 5.10 Å². The molecule has 0 aliphatic carbocycles. The normalized spacial score (nSPS) is 11.4. The maximum absolute atomic E-state index is 13.2. The lowest BCUT2D eigenvalue weighted by Crippen LogP contribution is -2.07. The van der Waals surface area contributed by atoms with Crippen molar-refractivity contribution < 1.29 is 22.0 Å². The van der Waals surface area contributed by atoms with Crippen molar-refractivity contribution >= 4 is 6.21 Å². The van der Waals surface area contributed by atoms with Crippen LogP contribution in [0.3, 0.4) is 0 Å². The highest BCUT2D eigenvalue weighted by Crippen LogP contribution is 2.21. The summed E-state index contributed by atoms with van der Waals surface area (Å²) in [7, 11) is 0. The molecule has 1 heterocycles. The summed E-state index contributed by atoms with van der Waals surface area (Å²) in [6.07, 6.45) is 2.63. The number of rotatable bonds is 2. The van der Waals surface area contributed by atoms with Crippen LogP contribution in [0.1, 0.15) is 5.56 Å². The minimum Gasteiger partial charge on any atom is -0.208 e. The van der Waals surface area contributed by atoms with Crippen molar-refractivity contribution in [3.63, 3.8) is 0 Å². The van der Waals surface area contributed by atoms with Gasteiger partial charge in [0.15, 0.2) is 23.3 Å². The Bertz CT molecular complexity index is 579. The fourth-order valence-corrected chi connectivity index (χ4v) is 1.11. The Kier molecular flexibility index (Phi) is 3.04. The summed E-state index contributed by atoms with van der Waals surface area (Å²) in [4.78, 5) is 0. The molecule has 0 radical (unpaired) electrons. The first-order valence-electron chi connectivity index (χ1n) is 4.42. The van der Waals surface area contributed by atoms with Gasteiger partial charge in [0.05, 0.1) is 11.8 Å². The molecule has 9 heteroatoms. The van der Waals surface area contributed by atoms with Gasteiger partial charge < -0.3 is 0 Å². The standard InChI is InChI=1S/C9H3F5N4/c10-5-4(1-17-18-2-15-16-3-18)6(11)8(13)9(14)7(5)12/h1-3H/b17-1-. The number of halogens is 5. The third-order valence-corrected chi connectivity index (χ3v) is 1.97. The van der Waals surface area contributed by atoms with Gasteiger partial charge in [0.2, 0.25) is 5.82 Å². The molecule has 2 rings (SSSR count). The SMILES string of the molecule is Fc1c(F)c(F)c(/C=N\n2cnnc2)c(F)c1F. The van der Waals surface area contributed by atoms with Gasteiger partial charge in [0, 0.05) is 0 Å². The second-order valence-corrected chi connectivity index (χ2v) is 3.07. The summed E-state index contributed by atoms with van der Waals surface area (Å²) in [6.45, 7) is 0. The second-order valence-electron chi connectivity index (χ2n) is 3.07. The molecular weight excluding hydrogens is 259 g/mol. The van der Waals surface area contributed by atoms with Crippen molar-refractivity contribution in [3.05, 3.63) is 47.3 Å². The topological polar surface area (TPSA) is 43.1 Å². The van der Waals surface area contributed by atoms with Gasteiger partial charge in [-0.25, -0.2) is 26.6 Å². The fraction of sp³-hybridized carbons (Fsp3) is 0. The molecule has 18 heavy (non-hydrogen) atoms. The van der Waals surface area contributed by atoms with Gasteiger partial charge in [-0.1, -0.05) is 0 Å². The summed E-state index contributed by atoms with van der Waals surface area (Å²) in [5.41, 5.74) is -1.14. The minimum absolute atomic E-state index is 0.486. The van der Waals surface area contributed by atoms with Crippen molar-refractivity contribution in [2.24, 2.45) is 5.10 Å². The van der Waals surface area contributed by atoms with Crippen molar-refractivity contribution in [1.82, 2.24) is 14.9 Å². The molecule has 0 aliphatic heterocycles. The predicted molar refractivity (Wildman–Crippen MR) is 49.2 cm³/mol. The van der Waals surface area contributed by atoms with Crippen molar-refractivity contribution in [2.75, 3.05) is 0 Å². The van der Waals surface area contributed by atoms with E-state index in [0.717, 1.165) is 17.3 Å². The van der Waals surface area contributed by atoms with Crippen LogP contribution in [0.15, 0.2) is 17.8 Å². The number of aromatic nitrogens is 3. The molecule has 0 bridgehead atoms. The molecule has 94 valence electrons. The third-order valence-electron chi connectivity index (χ3n) is 1.97. The van der Waals surface area contributed by atoms with E-state index in [1.807, 2.05) is 0 Å². The van der Waals surface area contributed by atoms with Gasteiger partial charge in [-0.05, 0) is 0 Å². The summed E-state index contributed by atoms with van der Waals surface area (Å²) < 4.78 is 65.6. The van der Waals surface area contributed by atoms with Gasteiger partial charge in [0.1, 0.15) is 12.7 Å². The van der Waals surface area contributed by atoms with E-state index >= 15 is 0 Å². The Balaban J connectivity index is 2.52. The molecular formula is C9H3F5N4. The van der Waals surface area contributed by atoms with E-state index in [2.05, 4.69) is 15.3 Å². The van der Waals surface area contributed by atoms with Crippen LogP contribution < -0.4 is 0 Å². The Morgan fingerprint density at radius 3 is 1.78 bits per heavy atom. The van der Waals surface area contributed by atoms with Crippen LogP contribution in [0.25, 0.3) is 0 Å². The van der Waals surface area contributed by atoms with Crippen LogP contribution in [0, 0.1) is 29.1 Å². The van der Waals surface area contributed by atoms with Crippen molar-refractivity contribution in [2.45, 2.75) is 0 Å². The molecule has 0 saturated carbocycles. The monoisotopic (exact) mass is 262 g/mol. The van der Waals surface area contributed by atoms with E-state index in [9.17, 15) is 22.0 Å². The molecule has 1 aromatic heterocycles. The Morgan fingerprint density at radius 1 is 0.833 bits per heavy atom. The molecule has 0 fully saturated rings. The molecule has 0 amide bonds. The molecule has 1 aromatic carbocycles. The van der Waals surface area contributed by atoms with Gasteiger partial charge >= 0.3 is 0 Å². The van der Waals surface area contributed by atoms with Crippen LogP contribution in [0.2, 0.25) is 0 Å². The van der Waals surface area contributed by atoms with Crippen LogP contribution in [-0.2, 0) is 0 Å². The zero-order chi connectivity index (χ0) is 13.3. The largest absolute Gasteiger partial charge is 0.208 e. The Hall–Kier alpha value is -2.32. The van der Waals surface area contributed by atoms with E-state index in [-0.39, 0.29) is 0 Å². The third kappa shape index (κ3) is 1.94. The number of hydrogen-bond acceptors (Lipinski definition) is 3. The molecule has 2 aromatic rings. The lowest BCUT2D eigenvalue weighted by Gasteiger charge is -2.03. The second kappa shape index (κ2) is 4.51. The molecule has 4 nitrogen and oxygen atoms in total. The minimum atomic E-state index is -2.22. The Morgan fingerprint density at radius 2 is 1.28 bits per heavy atom. The van der Waals surface area contributed by atoms with Crippen LogP contribution in [-0.4, -0.2) is 21.1 Å². The van der Waals surface area contributed by atoms with Crippen molar-refractivity contribution in [3.8, 4) is 0 Å². The molecule has 0 atom stereocenters. The summed E-state index contributed by atoms with van der Waals surface area (Å²) in [5, 5.41) is 10.1. The molecule has 0 aliphatic rings. The smallest absolute Gasteiger partial charge is 0.200 e. The average Bonchev–Trinajstić information content (AvgIpc) is 2.87.